The third-order valence-electron chi connectivity index (χ3n) is 4.38. The predicted octanol–water partition coefficient (Wildman–Crippen LogP) is 3.86. The van der Waals surface area contributed by atoms with E-state index in [1.807, 2.05) is 17.0 Å². The molecule has 3 nitrogen and oxygen atoms in total. The summed E-state index contributed by atoms with van der Waals surface area (Å²) in [4.78, 5) is 6.23. The minimum atomic E-state index is -0.563. The van der Waals surface area contributed by atoms with E-state index >= 15 is 0 Å². The number of benzene rings is 1. The molecule has 1 aliphatic rings. The highest BCUT2D eigenvalue weighted by Gasteiger charge is 2.29. The molecule has 1 fully saturated rings. The van der Waals surface area contributed by atoms with Crippen LogP contribution in [0, 0.1) is 5.92 Å². The highest BCUT2D eigenvalue weighted by Crippen LogP contribution is 2.32. The normalized spacial score (nSPS) is 18.0. The highest BCUT2D eigenvalue weighted by atomic mass is 16.3. The molecule has 1 aromatic heterocycles. The Bertz CT molecular complexity index is 706. The highest BCUT2D eigenvalue weighted by molar-refractivity contribution is 5.78. The Morgan fingerprint density at radius 3 is 2.68 bits per heavy atom. The summed E-state index contributed by atoms with van der Waals surface area (Å²) < 4.78 is 0. The average Bonchev–Trinajstić information content (AvgIpc) is 2.85. The van der Waals surface area contributed by atoms with Gasteiger partial charge in [-0.15, -0.1) is 0 Å². The summed E-state index contributed by atoms with van der Waals surface area (Å²) >= 11 is 0. The molecule has 3 rings (SSSR count). The van der Waals surface area contributed by atoms with Gasteiger partial charge in [0, 0.05) is 28.9 Å². The quantitative estimate of drug-likeness (QED) is 0.930. The first kappa shape index (κ1) is 14.8. The van der Waals surface area contributed by atoms with Gasteiger partial charge in [-0.3, -0.25) is 4.98 Å². The van der Waals surface area contributed by atoms with Gasteiger partial charge in [0.25, 0.3) is 0 Å². The van der Waals surface area contributed by atoms with E-state index in [9.17, 15) is 5.11 Å². The van der Waals surface area contributed by atoms with Crippen LogP contribution in [0.4, 0.5) is 0 Å². The van der Waals surface area contributed by atoms with E-state index in [-0.39, 0.29) is 5.92 Å². The van der Waals surface area contributed by atoms with Gasteiger partial charge in [0.2, 0.25) is 0 Å². The number of fused-ring (bicyclic) bond motifs is 1. The van der Waals surface area contributed by atoms with Crippen LogP contribution in [0.2, 0.25) is 0 Å². The van der Waals surface area contributed by atoms with E-state index in [0.29, 0.717) is 0 Å². The summed E-state index contributed by atoms with van der Waals surface area (Å²) in [5.41, 5.74) is 4.14. The predicted molar refractivity (Wildman–Crippen MR) is 90.0 cm³/mol. The topological polar surface area (TPSA) is 36.4 Å². The molecule has 0 bridgehead atoms. The average molecular weight is 294 g/mol. The van der Waals surface area contributed by atoms with Gasteiger partial charge in [-0.05, 0) is 43.0 Å². The molecule has 1 N–H and O–H groups in total. The first-order chi connectivity index (χ1) is 10.6. The molecular weight excluding hydrogens is 272 g/mol. The molecule has 2 heterocycles. The van der Waals surface area contributed by atoms with Crippen molar-refractivity contribution in [3.8, 4) is 0 Å². The molecule has 1 aromatic carbocycles. The minimum absolute atomic E-state index is 0.0979. The van der Waals surface area contributed by atoms with Crippen LogP contribution < -0.4 is 0 Å². The zero-order valence-corrected chi connectivity index (χ0v) is 13.0. The van der Waals surface area contributed by atoms with Crippen LogP contribution in [0.1, 0.15) is 25.3 Å². The second kappa shape index (κ2) is 5.93. The standard InChI is InChI=1S/C19H22N2O/c1-13(19(22)21-14(2)6-7-15(21)3)11-16-8-9-18-17(12-16)5-4-10-20-18/h4-5,8-10,12-13,19,22H,2-3,6-7,11H2,1H3. The summed E-state index contributed by atoms with van der Waals surface area (Å²) in [6, 6.07) is 10.3. The molecule has 2 aromatic rings. The maximum atomic E-state index is 10.6. The van der Waals surface area contributed by atoms with Gasteiger partial charge in [-0.1, -0.05) is 32.2 Å². The third-order valence-corrected chi connectivity index (χ3v) is 4.38. The van der Waals surface area contributed by atoms with Gasteiger partial charge in [0.15, 0.2) is 0 Å². The van der Waals surface area contributed by atoms with E-state index < -0.39 is 6.23 Å². The molecule has 0 aliphatic carbocycles. The van der Waals surface area contributed by atoms with Gasteiger partial charge in [-0.25, -0.2) is 0 Å². The number of nitrogens with zero attached hydrogens (tertiary/aromatic N) is 2. The van der Waals surface area contributed by atoms with Crippen LogP contribution in [0.25, 0.3) is 10.9 Å². The first-order valence-electron chi connectivity index (χ1n) is 7.73. The Morgan fingerprint density at radius 1 is 1.23 bits per heavy atom. The van der Waals surface area contributed by atoms with E-state index in [0.717, 1.165) is 41.6 Å². The molecule has 22 heavy (non-hydrogen) atoms. The van der Waals surface area contributed by atoms with Gasteiger partial charge in [-0.2, -0.15) is 0 Å². The first-order valence-corrected chi connectivity index (χ1v) is 7.73. The molecule has 1 saturated heterocycles. The zero-order valence-electron chi connectivity index (χ0n) is 13.0. The number of aromatic nitrogens is 1. The monoisotopic (exact) mass is 294 g/mol. The van der Waals surface area contributed by atoms with Crippen LogP contribution in [0.3, 0.4) is 0 Å². The summed E-state index contributed by atoms with van der Waals surface area (Å²) in [7, 11) is 0. The van der Waals surface area contributed by atoms with E-state index in [1.165, 1.54) is 5.56 Å². The minimum Gasteiger partial charge on any atom is -0.373 e. The summed E-state index contributed by atoms with van der Waals surface area (Å²) in [5, 5.41) is 11.8. The Hall–Kier alpha value is -2.13. The molecule has 1 aliphatic heterocycles. The maximum Gasteiger partial charge on any atom is 0.133 e. The lowest BCUT2D eigenvalue weighted by atomic mass is 9.97. The van der Waals surface area contributed by atoms with E-state index in [4.69, 9.17) is 0 Å². The Morgan fingerprint density at radius 2 is 1.95 bits per heavy atom. The molecule has 114 valence electrons. The number of rotatable bonds is 4. The van der Waals surface area contributed by atoms with Crippen LogP contribution in [-0.4, -0.2) is 21.2 Å². The van der Waals surface area contributed by atoms with Crippen molar-refractivity contribution in [2.45, 2.75) is 32.4 Å². The van der Waals surface area contributed by atoms with Crippen LogP contribution in [0.5, 0.6) is 0 Å². The van der Waals surface area contributed by atoms with Crippen molar-refractivity contribution in [1.29, 1.82) is 0 Å². The van der Waals surface area contributed by atoms with E-state index in [1.54, 1.807) is 6.20 Å². The number of pyridine rings is 1. The van der Waals surface area contributed by atoms with Crippen molar-refractivity contribution in [1.82, 2.24) is 9.88 Å². The molecule has 0 saturated carbocycles. The Kier molecular flexibility index (Phi) is 3.99. The lowest BCUT2D eigenvalue weighted by Gasteiger charge is -2.31. The van der Waals surface area contributed by atoms with Gasteiger partial charge >= 0.3 is 0 Å². The number of hydrogen-bond acceptors (Lipinski definition) is 3. The smallest absolute Gasteiger partial charge is 0.133 e. The number of likely N-dealkylation sites (tertiary alicyclic amines) is 1. The largest absolute Gasteiger partial charge is 0.373 e. The lowest BCUT2D eigenvalue weighted by molar-refractivity contribution is 0.0114. The molecule has 0 radical (unpaired) electrons. The molecule has 0 amide bonds. The second-order valence-corrected chi connectivity index (χ2v) is 6.13. The van der Waals surface area contributed by atoms with Gasteiger partial charge in [0.05, 0.1) is 5.52 Å². The van der Waals surface area contributed by atoms with Crippen molar-refractivity contribution >= 4 is 10.9 Å². The molecule has 2 atom stereocenters. The maximum absolute atomic E-state index is 10.6. The SMILES string of the molecule is C=C1CCC(=C)N1C(O)C(C)Cc1ccc2ncccc2c1. The van der Waals surface area contributed by atoms with Crippen LogP contribution in [0.15, 0.2) is 61.1 Å². The van der Waals surface area contributed by atoms with Crippen molar-refractivity contribution < 1.29 is 5.11 Å². The second-order valence-electron chi connectivity index (χ2n) is 6.13. The third kappa shape index (κ3) is 2.77. The van der Waals surface area contributed by atoms with Crippen LogP contribution in [-0.2, 0) is 6.42 Å². The van der Waals surface area contributed by atoms with Crippen molar-refractivity contribution in [3.63, 3.8) is 0 Å². The van der Waals surface area contributed by atoms with E-state index in [2.05, 4.69) is 43.3 Å². The fraction of sp³-hybridized carbons (Fsp3) is 0.316. The van der Waals surface area contributed by atoms with Crippen molar-refractivity contribution in [2.24, 2.45) is 5.92 Å². The lowest BCUT2D eigenvalue weighted by Crippen LogP contribution is -2.36. The fourth-order valence-electron chi connectivity index (χ4n) is 3.11. The molecule has 3 heteroatoms. The molecular formula is C19H22N2O. The molecule has 0 spiro atoms. The van der Waals surface area contributed by atoms with Crippen molar-refractivity contribution in [3.05, 3.63) is 66.6 Å². The molecule has 2 unspecified atom stereocenters. The number of aliphatic hydroxyl groups excluding tert-OH is 1. The summed E-state index contributed by atoms with van der Waals surface area (Å²) in [6.45, 7) is 10.1. The summed E-state index contributed by atoms with van der Waals surface area (Å²) in [5.74, 6) is 0.0979. The number of allylic oxidation sites excluding steroid dienone is 2. The van der Waals surface area contributed by atoms with Gasteiger partial charge < -0.3 is 10.0 Å². The van der Waals surface area contributed by atoms with Crippen molar-refractivity contribution in [2.75, 3.05) is 0 Å². The number of hydrogen-bond donors (Lipinski definition) is 1. The Labute approximate surface area is 131 Å². The van der Waals surface area contributed by atoms with Crippen LogP contribution >= 0.6 is 0 Å². The summed E-state index contributed by atoms with van der Waals surface area (Å²) in [6.07, 6.45) is 3.84. The fourth-order valence-corrected chi connectivity index (χ4v) is 3.11. The van der Waals surface area contributed by atoms with Gasteiger partial charge in [0.1, 0.15) is 6.23 Å². The zero-order chi connectivity index (χ0) is 15.7. The number of aliphatic hydroxyl groups is 1. The Balaban J connectivity index is 1.76.